The smallest absolute Gasteiger partial charge is 0.142 e. The molecular weight excluding hydrogens is 162 g/mol. The zero-order chi connectivity index (χ0) is 9.26. The van der Waals surface area contributed by atoms with E-state index in [2.05, 4.69) is 16.9 Å². The van der Waals surface area contributed by atoms with Gasteiger partial charge in [-0.3, -0.25) is 0 Å². The van der Waals surface area contributed by atoms with Crippen LogP contribution in [0.15, 0.2) is 0 Å². The molecule has 2 N–H and O–H groups in total. The number of nitrogens with two attached hydrogens (primary N) is 1. The molecule has 3 nitrogen and oxygen atoms in total. The molecule has 0 fully saturated rings. The second kappa shape index (κ2) is 3.42. The van der Waals surface area contributed by atoms with Gasteiger partial charge in [0.15, 0.2) is 0 Å². The lowest BCUT2D eigenvalue weighted by Gasteiger charge is -2.16. The van der Waals surface area contributed by atoms with Crippen LogP contribution in [-0.2, 0) is 19.4 Å². The Bertz CT molecular complexity index is 320. The second-order valence-electron chi connectivity index (χ2n) is 3.56. The molecule has 1 aromatic heterocycles. The third-order valence-electron chi connectivity index (χ3n) is 2.62. The van der Waals surface area contributed by atoms with E-state index in [-0.39, 0.29) is 0 Å². The SMILES string of the molecule is Cc1nc(CN)nc2c1CCCC2. The maximum absolute atomic E-state index is 5.53. The first kappa shape index (κ1) is 8.63. The molecule has 1 aliphatic rings. The van der Waals surface area contributed by atoms with Gasteiger partial charge < -0.3 is 5.73 Å². The van der Waals surface area contributed by atoms with Crippen molar-refractivity contribution < 1.29 is 0 Å². The van der Waals surface area contributed by atoms with Gasteiger partial charge in [0.2, 0.25) is 0 Å². The molecule has 1 aliphatic carbocycles. The van der Waals surface area contributed by atoms with Crippen molar-refractivity contribution in [1.82, 2.24) is 9.97 Å². The fourth-order valence-corrected chi connectivity index (χ4v) is 1.94. The van der Waals surface area contributed by atoms with Crippen LogP contribution in [0.5, 0.6) is 0 Å². The van der Waals surface area contributed by atoms with Gasteiger partial charge in [-0.15, -0.1) is 0 Å². The summed E-state index contributed by atoms with van der Waals surface area (Å²) in [4.78, 5) is 8.83. The number of hydrogen-bond donors (Lipinski definition) is 1. The summed E-state index contributed by atoms with van der Waals surface area (Å²) >= 11 is 0. The predicted molar refractivity (Wildman–Crippen MR) is 51.3 cm³/mol. The van der Waals surface area contributed by atoms with E-state index in [1.165, 1.54) is 24.1 Å². The molecule has 0 saturated heterocycles. The lowest BCUT2D eigenvalue weighted by atomic mass is 9.95. The summed E-state index contributed by atoms with van der Waals surface area (Å²) in [6.45, 7) is 2.51. The fraction of sp³-hybridized carbons (Fsp3) is 0.600. The van der Waals surface area contributed by atoms with Crippen LogP contribution in [0, 0.1) is 6.92 Å². The largest absolute Gasteiger partial charge is 0.324 e. The van der Waals surface area contributed by atoms with Crippen molar-refractivity contribution in [2.45, 2.75) is 39.2 Å². The highest BCUT2D eigenvalue weighted by Gasteiger charge is 2.14. The first-order chi connectivity index (χ1) is 6.31. The van der Waals surface area contributed by atoms with Gasteiger partial charge in [-0.25, -0.2) is 9.97 Å². The van der Waals surface area contributed by atoms with E-state index in [1.807, 2.05) is 0 Å². The third-order valence-corrected chi connectivity index (χ3v) is 2.62. The van der Waals surface area contributed by atoms with Crippen molar-refractivity contribution >= 4 is 0 Å². The molecule has 0 bridgehead atoms. The summed E-state index contributed by atoms with van der Waals surface area (Å²) in [6, 6.07) is 0. The summed E-state index contributed by atoms with van der Waals surface area (Å²) in [5.41, 5.74) is 9.26. The standard InChI is InChI=1S/C10H15N3/c1-7-8-4-2-3-5-9(8)13-10(6-11)12-7/h2-6,11H2,1H3. The summed E-state index contributed by atoms with van der Waals surface area (Å²) in [5, 5.41) is 0. The van der Waals surface area contributed by atoms with Crippen molar-refractivity contribution in [2.75, 3.05) is 0 Å². The van der Waals surface area contributed by atoms with Gasteiger partial charge in [0.05, 0.1) is 6.54 Å². The summed E-state index contributed by atoms with van der Waals surface area (Å²) in [7, 11) is 0. The molecular formula is C10H15N3. The minimum absolute atomic E-state index is 0.452. The zero-order valence-electron chi connectivity index (χ0n) is 8.01. The molecule has 0 saturated carbocycles. The van der Waals surface area contributed by atoms with Crippen molar-refractivity contribution in [2.24, 2.45) is 5.73 Å². The van der Waals surface area contributed by atoms with E-state index >= 15 is 0 Å². The number of nitrogens with zero attached hydrogens (tertiary/aromatic N) is 2. The Labute approximate surface area is 78.4 Å². The molecule has 0 amide bonds. The van der Waals surface area contributed by atoms with Gasteiger partial charge >= 0.3 is 0 Å². The molecule has 2 rings (SSSR count). The van der Waals surface area contributed by atoms with E-state index < -0.39 is 0 Å². The average Bonchev–Trinajstić information content (AvgIpc) is 2.18. The third kappa shape index (κ3) is 1.56. The molecule has 70 valence electrons. The van der Waals surface area contributed by atoms with Crippen LogP contribution in [0.4, 0.5) is 0 Å². The highest BCUT2D eigenvalue weighted by molar-refractivity contribution is 5.27. The van der Waals surface area contributed by atoms with E-state index in [0.717, 1.165) is 24.4 Å². The van der Waals surface area contributed by atoms with Crippen LogP contribution in [0.25, 0.3) is 0 Å². The normalized spacial score (nSPS) is 15.5. The van der Waals surface area contributed by atoms with Crippen LogP contribution < -0.4 is 5.73 Å². The van der Waals surface area contributed by atoms with Gasteiger partial charge in [-0.2, -0.15) is 0 Å². The summed E-state index contributed by atoms with van der Waals surface area (Å²) < 4.78 is 0. The number of rotatable bonds is 1. The Morgan fingerprint density at radius 1 is 1.23 bits per heavy atom. The van der Waals surface area contributed by atoms with Gasteiger partial charge in [-0.1, -0.05) is 0 Å². The van der Waals surface area contributed by atoms with Crippen molar-refractivity contribution in [3.05, 3.63) is 22.8 Å². The predicted octanol–water partition coefficient (Wildman–Crippen LogP) is 1.12. The number of aromatic nitrogens is 2. The molecule has 0 aliphatic heterocycles. The van der Waals surface area contributed by atoms with Crippen LogP contribution >= 0.6 is 0 Å². The minimum Gasteiger partial charge on any atom is -0.324 e. The molecule has 0 aromatic carbocycles. The Hall–Kier alpha value is -0.960. The molecule has 1 aromatic rings. The van der Waals surface area contributed by atoms with Gasteiger partial charge in [0.25, 0.3) is 0 Å². The first-order valence-electron chi connectivity index (χ1n) is 4.86. The monoisotopic (exact) mass is 177 g/mol. The highest BCUT2D eigenvalue weighted by atomic mass is 14.9. The first-order valence-corrected chi connectivity index (χ1v) is 4.86. The van der Waals surface area contributed by atoms with Crippen molar-refractivity contribution in [3.8, 4) is 0 Å². The van der Waals surface area contributed by atoms with Crippen LogP contribution in [0.3, 0.4) is 0 Å². The Balaban J connectivity index is 2.47. The fourth-order valence-electron chi connectivity index (χ4n) is 1.94. The maximum atomic E-state index is 5.53. The number of aryl methyl sites for hydroxylation is 2. The lowest BCUT2D eigenvalue weighted by molar-refractivity contribution is 0.647. The van der Waals surface area contributed by atoms with E-state index in [4.69, 9.17) is 5.73 Å². The topological polar surface area (TPSA) is 51.8 Å². The molecule has 1 heterocycles. The second-order valence-corrected chi connectivity index (χ2v) is 3.56. The summed E-state index contributed by atoms with van der Waals surface area (Å²) in [6.07, 6.45) is 4.78. The number of hydrogen-bond acceptors (Lipinski definition) is 3. The molecule has 13 heavy (non-hydrogen) atoms. The van der Waals surface area contributed by atoms with Crippen LogP contribution in [0.1, 0.15) is 35.6 Å². The molecule has 0 unspecified atom stereocenters. The van der Waals surface area contributed by atoms with E-state index in [9.17, 15) is 0 Å². The summed E-state index contributed by atoms with van der Waals surface area (Å²) in [5.74, 6) is 0.790. The Kier molecular flexibility index (Phi) is 2.27. The van der Waals surface area contributed by atoms with Gasteiger partial charge in [0, 0.05) is 11.4 Å². The average molecular weight is 177 g/mol. The molecule has 0 spiro atoms. The van der Waals surface area contributed by atoms with E-state index in [1.54, 1.807) is 0 Å². The van der Waals surface area contributed by atoms with Crippen LogP contribution in [0.2, 0.25) is 0 Å². The lowest BCUT2D eigenvalue weighted by Crippen LogP contribution is -2.13. The van der Waals surface area contributed by atoms with Crippen molar-refractivity contribution in [3.63, 3.8) is 0 Å². The number of fused-ring (bicyclic) bond motifs is 1. The Morgan fingerprint density at radius 3 is 2.77 bits per heavy atom. The highest BCUT2D eigenvalue weighted by Crippen LogP contribution is 2.21. The van der Waals surface area contributed by atoms with Crippen LogP contribution in [-0.4, -0.2) is 9.97 Å². The zero-order valence-corrected chi connectivity index (χ0v) is 8.01. The maximum Gasteiger partial charge on any atom is 0.142 e. The molecule has 3 heteroatoms. The van der Waals surface area contributed by atoms with Crippen molar-refractivity contribution in [1.29, 1.82) is 0 Å². The van der Waals surface area contributed by atoms with E-state index in [0.29, 0.717) is 6.54 Å². The minimum atomic E-state index is 0.452. The molecule has 0 radical (unpaired) electrons. The quantitative estimate of drug-likeness (QED) is 0.699. The molecule has 0 atom stereocenters. The Morgan fingerprint density at radius 2 is 2.00 bits per heavy atom. The van der Waals surface area contributed by atoms with Gasteiger partial charge in [0.1, 0.15) is 5.82 Å². The van der Waals surface area contributed by atoms with Gasteiger partial charge in [-0.05, 0) is 38.2 Å².